The van der Waals surface area contributed by atoms with E-state index in [-0.39, 0.29) is 21.1 Å². The van der Waals surface area contributed by atoms with Gasteiger partial charge in [-0.05, 0) is 13.3 Å². The zero-order valence-electron chi connectivity index (χ0n) is 11.0. The molecule has 2 unspecified atom stereocenters. The van der Waals surface area contributed by atoms with Crippen molar-refractivity contribution in [2.75, 3.05) is 13.2 Å². The summed E-state index contributed by atoms with van der Waals surface area (Å²) in [6.07, 6.45) is 2.95. The van der Waals surface area contributed by atoms with Gasteiger partial charge in [0.05, 0.1) is 18.0 Å². The highest BCUT2D eigenvalue weighted by molar-refractivity contribution is 7.83. The van der Waals surface area contributed by atoms with Crippen molar-refractivity contribution in [3.63, 3.8) is 0 Å². The summed E-state index contributed by atoms with van der Waals surface area (Å²) in [6, 6.07) is 2.15. The molecule has 0 amide bonds. The number of thiol groups is 1. The van der Waals surface area contributed by atoms with Crippen LogP contribution in [0.15, 0.2) is 0 Å². The second-order valence-corrected chi connectivity index (χ2v) is 6.87. The number of hydrogen-bond acceptors (Lipinski definition) is 5. The molecule has 0 heterocycles. The molecule has 0 aromatic rings. The number of hydrogen-bond donors (Lipinski definition) is 3. The number of aliphatic hydroxyl groups excluding tert-OH is 2. The van der Waals surface area contributed by atoms with Gasteiger partial charge >= 0.3 is 0 Å². The maximum absolute atomic E-state index is 9.91. The van der Waals surface area contributed by atoms with Crippen molar-refractivity contribution in [2.24, 2.45) is 0 Å². The second kappa shape index (κ2) is 9.56. The molecule has 0 aliphatic heterocycles. The van der Waals surface area contributed by atoms with Crippen LogP contribution in [0.25, 0.3) is 0 Å². The van der Waals surface area contributed by atoms with Gasteiger partial charge in [0.1, 0.15) is 19.6 Å². The summed E-state index contributed by atoms with van der Waals surface area (Å²) < 4.78 is 4.34. The van der Waals surface area contributed by atoms with Gasteiger partial charge < -0.3 is 14.9 Å². The SMILES string of the molecule is CCCCCC(S)(C#N)[Si]=C(O)C(CO)OCC. The minimum Gasteiger partial charge on any atom is -0.515 e. The smallest absolute Gasteiger partial charge is 0.132 e. The molecule has 2 N–H and O–H groups in total. The molecule has 0 saturated carbocycles. The van der Waals surface area contributed by atoms with E-state index in [9.17, 15) is 10.4 Å². The lowest BCUT2D eigenvalue weighted by atomic mass is 10.1. The van der Waals surface area contributed by atoms with Crippen LogP contribution in [0, 0.1) is 11.3 Å². The van der Waals surface area contributed by atoms with E-state index in [0.29, 0.717) is 13.0 Å². The molecule has 1 radical (unpaired) electrons. The standard InChI is InChI=1S/C12H22NO3SSi/c1-3-5-6-7-12(17,9-13)18-11(15)10(8-14)16-4-2/h10,14-15,17H,3-8H2,1-2H3. The van der Waals surface area contributed by atoms with E-state index in [1.54, 1.807) is 6.92 Å². The van der Waals surface area contributed by atoms with Gasteiger partial charge in [-0.25, -0.2) is 0 Å². The number of rotatable bonds is 9. The Morgan fingerprint density at radius 2 is 2.17 bits per heavy atom. The molecule has 4 nitrogen and oxygen atoms in total. The average Bonchev–Trinajstić information content (AvgIpc) is 2.36. The van der Waals surface area contributed by atoms with E-state index in [4.69, 9.17) is 9.84 Å². The quantitative estimate of drug-likeness (QED) is 0.340. The average molecular weight is 288 g/mol. The molecule has 0 spiro atoms. The van der Waals surface area contributed by atoms with E-state index in [2.05, 4.69) is 25.6 Å². The summed E-state index contributed by atoms with van der Waals surface area (Å²) in [4.78, 5) is 0. The predicted molar refractivity (Wildman–Crippen MR) is 76.7 cm³/mol. The van der Waals surface area contributed by atoms with E-state index in [1.807, 2.05) is 0 Å². The minimum absolute atomic E-state index is 0.0207. The van der Waals surface area contributed by atoms with Gasteiger partial charge in [0.25, 0.3) is 0 Å². The fourth-order valence-electron chi connectivity index (χ4n) is 1.49. The van der Waals surface area contributed by atoms with Gasteiger partial charge in [-0.3, -0.25) is 0 Å². The normalized spacial score (nSPS) is 16.9. The summed E-state index contributed by atoms with van der Waals surface area (Å²) in [5, 5.41) is 28.2. The van der Waals surface area contributed by atoms with Crippen molar-refractivity contribution < 1.29 is 14.9 Å². The zero-order valence-corrected chi connectivity index (χ0v) is 12.9. The first-order chi connectivity index (χ1) is 8.52. The third-order valence-electron chi connectivity index (χ3n) is 2.50. The number of unbranched alkanes of at least 4 members (excludes halogenated alkanes) is 2. The third kappa shape index (κ3) is 6.54. The summed E-state index contributed by atoms with van der Waals surface area (Å²) in [5.41, 5.74) is 0. The van der Waals surface area contributed by atoms with E-state index < -0.39 is 10.5 Å². The van der Waals surface area contributed by atoms with Crippen LogP contribution in [0.3, 0.4) is 0 Å². The highest BCUT2D eigenvalue weighted by atomic mass is 32.1. The van der Waals surface area contributed by atoms with Gasteiger partial charge in [0, 0.05) is 6.61 Å². The van der Waals surface area contributed by atoms with E-state index >= 15 is 0 Å². The van der Waals surface area contributed by atoms with Crippen LogP contribution in [-0.4, -0.2) is 48.4 Å². The Labute approximate surface area is 117 Å². The summed E-state index contributed by atoms with van der Waals surface area (Å²) >= 11 is 4.37. The number of ether oxygens (including phenoxy) is 1. The molecule has 0 rings (SSSR count). The van der Waals surface area contributed by atoms with Gasteiger partial charge in [0.2, 0.25) is 0 Å². The maximum Gasteiger partial charge on any atom is 0.132 e. The molecule has 0 saturated heterocycles. The van der Waals surface area contributed by atoms with Crippen molar-refractivity contribution in [1.82, 2.24) is 0 Å². The maximum atomic E-state index is 9.91. The lowest BCUT2D eigenvalue weighted by Gasteiger charge is -2.19. The molecule has 103 valence electrons. The Kier molecular flexibility index (Phi) is 9.37. The molecule has 0 aliphatic rings. The Morgan fingerprint density at radius 1 is 1.50 bits per heavy atom. The van der Waals surface area contributed by atoms with Crippen LogP contribution in [-0.2, 0) is 4.74 Å². The molecule has 0 aromatic heterocycles. The molecule has 0 bridgehead atoms. The van der Waals surface area contributed by atoms with Crippen molar-refractivity contribution in [3.05, 3.63) is 0 Å². The van der Waals surface area contributed by atoms with Crippen molar-refractivity contribution in [1.29, 1.82) is 5.26 Å². The van der Waals surface area contributed by atoms with Crippen LogP contribution in [0.2, 0.25) is 0 Å². The summed E-state index contributed by atoms with van der Waals surface area (Å²) in [7, 11) is -0.151. The third-order valence-corrected chi connectivity index (χ3v) is 4.51. The monoisotopic (exact) mass is 288 g/mol. The van der Waals surface area contributed by atoms with Crippen molar-refractivity contribution in [2.45, 2.75) is 50.0 Å². The zero-order chi connectivity index (χ0) is 14.0. The van der Waals surface area contributed by atoms with Crippen LogP contribution in [0.4, 0.5) is 0 Å². The molecular weight excluding hydrogens is 266 g/mol. The van der Waals surface area contributed by atoms with Gasteiger partial charge in [-0.15, -0.1) is 0 Å². The van der Waals surface area contributed by atoms with Crippen LogP contribution in [0.1, 0.15) is 39.5 Å². The number of nitrogens with zero attached hydrogens (tertiary/aromatic N) is 1. The number of aliphatic hydroxyl groups is 2. The Morgan fingerprint density at radius 3 is 2.61 bits per heavy atom. The van der Waals surface area contributed by atoms with Crippen molar-refractivity contribution in [3.8, 4) is 6.07 Å². The van der Waals surface area contributed by atoms with Gasteiger partial charge in [-0.2, -0.15) is 17.9 Å². The van der Waals surface area contributed by atoms with E-state index in [1.165, 1.54) is 0 Å². The first-order valence-electron chi connectivity index (χ1n) is 6.23. The molecule has 6 heteroatoms. The fourth-order valence-corrected chi connectivity index (χ4v) is 3.11. The summed E-state index contributed by atoms with van der Waals surface area (Å²) in [5.74, 6) is 0. The van der Waals surface area contributed by atoms with Gasteiger partial charge in [-0.1, -0.05) is 26.2 Å². The molecule has 2 atom stereocenters. The highest BCUT2D eigenvalue weighted by Gasteiger charge is 2.26. The fraction of sp³-hybridized carbons (Fsp3) is 0.833. The predicted octanol–water partition coefficient (Wildman–Crippen LogP) is 1.32. The van der Waals surface area contributed by atoms with E-state index in [0.717, 1.165) is 19.3 Å². The number of nitriles is 1. The minimum atomic E-state index is -0.857. The topological polar surface area (TPSA) is 73.5 Å². The molecule has 18 heavy (non-hydrogen) atoms. The highest BCUT2D eigenvalue weighted by Crippen LogP contribution is 2.19. The van der Waals surface area contributed by atoms with Crippen molar-refractivity contribution >= 4 is 27.1 Å². The molecule has 0 aliphatic carbocycles. The Hall–Kier alpha value is -0.353. The lowest BCUT2D eigenvalue weighted by Crippen LogP contribution is -2.36. The Bertz CT molecular complexity index is 306. The van der Waals surface area contributed by atoms with Crippen LogP contribution in [0.5, 0.6) is 0 Å². The first-order valence-corrected chi connectivity index (χ1v) is 7.67. The van der Waals surface area contributed by atoms with Gasteiger partial charge in [0.15, 0.2) is 0 Å². The van der Waals surface area contributed by atoms with Crippen LogP contribution < -0.4 is 0 Å². The molecular formula is C12H22NO3SSi. The largest absolute Gasteiger partial charge is 0.515 e. The second-order valence-electron chi connectivity index (χ2n) is 4.07. The lowest BCUT2D eigenvalue weighted by molar-refractivity contribution is 0.0545. The molecule has 0 aromatic carbocycles. The Balaban J connectivity index is 4.68. The summed E-state index contributed by atoms with van der Waals surface area (Å²) in [6.45, 7) is 4.01. The van der Waals surface area contributed by atoms with Crippen LogP contribution >= 0.6 is 12.6 Å². The molecule has 0 fully saturated rings. The first kappa shape index (κ1) is 17.6.